The first-order valence-electron chi connectivity index (χ1n) is 6.75. The number of nitrogens with one attached hydrogen (secondary N) is 1. The smallest absolute Gasteiger partial charge is 0.0330 e. The van der Waals surface area contributed by atoms with Gasteiger partial charge in [-0.05, 0) is 50.8 Å². The molecule has 0 spiro atoms. The van der Waals surface area contributed by atoms with Gasteiger partial charge in [0.25, 0.3) is 0 Å². The van der Waals surface area contributed by atoms with Crippen molar-refractivity contribution in [1.29, 1.82) is 0 Å². The lowest BCUT2D eigenvalue weighted by Crippen LogP contribution is -2.32. The second kappa shape index (κ2) is 8.67. The third kappa shape index (κ3) is 5.66. The predicted octanol–water partition coefficient (Wildman–Crippen LogP) is 3.35. The van der Waals surface area contributed by atoms with Gasteiger partial charge in [0, 0.05) is 17.5 Å². The molecule has 0 saturated heterocycles. The quantitative estimate of drug-likeness (QED) is 0.680. The second-order valence-corrected chi connectivity index (χ2v) is 5.52. The molecule has 1 aromatic heterocycles. The van der Waals surface area contributed by atoms with E-state index in [9.17, 15) is 0 Å². The van der Waals surface area contributed by atoms with Crippen LogP contribution in [0.3, 0.4) is 0 Å². The van der Waals surface area contributed by atoms with E-state index in [1.54, 1.807) is 0 Å². The van der Waals surface area contributed by atoms with Crippen molar-refractivity contribution in [2.45, 2.75) is 46.2 Å². The molecule has 1 aromatic rings. The predicted molar refractivity (Wildman–Crippen MR) is 77.6 cm³/mol. The fourth-order valence-electron chi connectivity index (χ4n) is 2.06. The maximum atomic E-state index is 3.39. The highest BCUT2D eigenvalue weighted by Gasteiger charge is 2.12. The summed E-state index contributed by atoms with van der Waals surface area (Å²) in [5, 5.41) is 5.56. The number of thiophene rings is 1. The Labute approximate surface area is 110 Å². The summed E-state index contributed by atoms with van der Waals surface area (Å²) in [5.74, 6) is 0. The summed E-state index contributed by atoms with van der Waals surface area (Å²) >= 11 is 1.86. The van der Waals surface area contributed by atoms with Gasteiger partial charge in [0.2, 0.25) is 0 Å². The maximum absolute atomic E-state index is 3.39. The van der Waals surface area contributed by atoms with Crippen molar-refractivity contribution in [3.05, 3.63) is 22.4 Å². The molecule has 0 bridgehead atoms. The first kappa shape index (κ1) is 14.7. The third-order valence-corrected chi connectivity index (χ3v) is 4.06. The third-order valence-electron chi connectivity index (χ3n) is 3.19. The Morgan fingerprint density at radius 2 is 2.24 bits per heavy atom. The molecule has 1 heterocycles. The molecule has 0 aromatic carbocycles. The number of hydrogen-bond acceptors (Lipinski definition) is 3. The van der Waals surface area contributed by atoms with Crippen LogP contribution in [0.15, 0.2) is 17.5 Å². The van der Waals surface area contributed by atoms with Gasteiger partial charge in [0.05, 0.1) is 0 Å². The second-order valence-electron chi connectivity index (χ2n) is 4.49. The van der Waals surface area contributed by atoms with Crippen LogP contribution in [0, 0.1) is 0 Å². The van der Waals surface area contributed by atoms with E-state index in [0.29, 0.717) is 6.04 Å². The Balaban J connectivity index is 2.28. The number of nitrogens with zero attached hydrogens (tertiary/aromatic N) is 1. The van der Waals surface area contributed by atoms with Crippen LogP contribution in [0.4, 0.5) is 0 Å². The maximum Gasteiger partial charge on any atom is 0.0330 e. The van der Waals surface area contributed by atoms with Gasteiger partial charge in [-0.25, -0.2) is 0 Å². The van der Waals surface area contributed by atoms with Crippen molar-refractivity contribution in [2.24, 2.45) is 0 Å². The van der Waals surface area contributed by atoms with Crippen LogP contribution in [0.5, 0.6) is 0 Å². The van der Waals surface area contributed by atoms with Crippen molar-refractivity contribution < 1.29 is 0 Å². The van der Waals surface area contributed by atoms with Crippen molar-refractivity contribution in [3.63, 3.8) is 0 Å². The zero-order valence-electron chi connectivity index (χ0n) is 11.4. The van der Waals surface area contributed by atoms with Crippen molar-refractivity contribution in [1.82, 2.24) is 10.2 Å². The van der Waals surface area contributed by atoms with Gasteiger partial charge in [0.15, 0.2) is 0 Å². The molecule has 0 aliphatic heterocycles. The molecule has 98 valence electrons. The number of hydrogen-bond donors (Lipinski definition) is 1. The Bertz CT molecular complexity index is 272. The normalized spacial score (nSPS) is 13.2. The SMILES string of the molecule is CCNCCCC(C)N(CC)Cc1cccs1. The standard InChI is InChI=1S/C14H26N2S/c1-4-15-10-6-8-13(3)16(5-2)12-14-9-7-11-17-14/h7,9,11,13,15H,4-6,8,10,12H2,1-3H3. The molecule has 1 atom stereocenters. The minimum absolute atomic E-state index is 0.681. The summed E-state index contributed by atoms with van der Waals surface area (Å²) < 4.78 is 0. The zero-order chi connectivity index (χ0) is 12.5. The molecule has 0 saturated carbocycles. The van der Waals surface area contributed by atoms with E-state index < -0.39 is 0 Å². The Morgan fingerprint density at radius 1 is 1.41 bits per heavy atom. The summed E-state index contributed by atoms with van der Waals surface area (Å²) in [5.41, 5.74) is 0. The summed E-state index contributed by atoms with van der Waals surface area (Å²) in [6, 6.07) is 5.06. The van der Waals surface area contributed by atoms with Gasteiger partial charge in [-0.3, -0.25) is 4.90 Å². The molecule has 1 unspecified atom stereocenters. The average molecular weight is 254 g/mol. The molecule has 17 heavy (non-hydrogen) atoms. The molecule has 0 aliphatic rings. The van der Waals surface area contributed by atoms with Crippen LogP contribution in [0.1, 0.15) is 38.5 Å². The van der Waals surface area contributed by atoms with E-state index in [2.05, 4.69) is 48.5 Å². The zero-order valence-corrected chi connectivity index (χ0v) is 12.2. The van der Waals surface area contributed by atoms with Crippen molar-refractivity contribution in [3.8, 4) is 0 Å². The first-order chi connectivity index (χ1) is 8.27. The van der Waals surface area contributed by atoms with Crippen LogP contribution < -0.4 is 5.32 Å². The van der Waals surface area contributed by atoms with Gasteiger partial charge in [0.1, 0.15) is 0 Å². The highest BCUT2D eigenvalue weighted by molar-refractivity contribution is 7.09. The molecule has 0 amide bonds. The number of rotatable bonds is 9. The van der Waals surface area contributed by atoms with E-state index in [1.165, 1.54) is 17.7 Å². The van der Waals surface area contributed by atoms with Crippen molar-refractivity contribution >= 4 is 11.3 Å². The fourth-order valence-corrected chi connectivity index (χ4v) is 2.79. The minimum atomic E-state index is 0.681. The van der Waals surface area contributed by atoms with Gasteiger partial charge in [-0.15, -0.1) is 11.3 Å². The molecule has 3 heteroatoms. The summed E-state index contributed by atoms with van der Waals surface area (Å²) in [6.45, 7) is 11.3. The molecule has 1 N–H and O–H groups in total. The molecule has 0 radical (unpaired) electrons. The molecular weight excluding hydrogens is 228 g/mol. The van der Waals surface area contributed by atoms with Gasteiger partial charge < -0.3 is 5.32 Å². The van der Waals surface area contributed by atoms with E-state index in [0.717, 1.165) is 26.2 Å². The molecule has 2 nitrogen and oxygen atoms in total. The largest absolute Gasteiger partial charge is 0.317 e. The molecule has 0 fully saturated rings. The summed E-state index contributed by atoms with van der Waals surface area (Å²) in [6.07, 6.45) is 2.56. The van der Waals surface area contributed by atoms with E-state index in [4.69, 9.17) is 0 Å². The van der Waals surface area contributed by atoms with Crippen molar-refractivity contribution in [2.75, 3.05) is 19.6 Å². The van der Waals surface area contributed by atoms with Gasteiger partial charge in [-0.1, -0.05) is 19.9 Å². The van der Waals surface area contributed by atoms with E-state index in [1.807, 2.05) is 11.3 Å². The Morgan fingerprint density at radius 3 is 2.82 bits per heavy atom. The lowest BCUT2D eigenvalue weighted by atomic mass is 10.1. The Kier molecular flexibility index (Phi) is 7.49. The summed E-state index contributed by atoms with van der Waals surface area (Å²) in [4.78, 5) is 4.04. The fraction of sp³-hybridized carbons (Fsp3) is 0.714. The topological polar surface area (TPSA) is 15.3 Å². The lowest BCUT2D eigenvalue weighted by molar-refractivity contribution is 0.200. The highest BCUT2D eigenvalue weighted by atomic mass is 32.1. The molecule has 1 rings (SSSR count). The lowest BCUT2D eigenvalue weighted by Gasteiger charge is -2.27. The van der Waals surface area contributed by atoms with Crippen LogP contribution in [-0.2, 0) is 6.54 Å². The summed E-state index contributed by atoms with van der Waals surface area (Å²) in [7, 11) is 0. The first-order valence-corrected chi connectivity index (χ1v) is 7.63. The molecular formula is C14H26N2S. The van der Waals surface area contributed by atoms with Crippen LogP contribution in [-0.4, -0.2) is 30.6 Å². The van der Waals surface area contributed by atoms with E-state index >= 15 is 0 Å². The minimum Gasteiger partial charge on any atom is -0.317 e. The van der Waals surface area contributed by atoms with Gasteiger partial charge in [-0.2, -0.15) is 0 Å². The molecule has 0 aliphatic carbocycles. The van der Waals surface area contributed by atoms with Crippen LogP contribution in [0.2, 0.25) is 0 Å². The Hall–Kier alpha value is -0.380. The average Bonchev–Trinajstić information content (AvgIpc) is 2.84. The van der Waals surface area contributed by atoms with Crippen LogP contribution >= 0.6 is 11.3 Å². The van der Waals surface area contributed by atoms with Crippen LogP contribution in [0.25, 0.3) is 0 Å². The van der Waals surface area contributed by atoms with E-state index in [-0.39, 0.29) is 0 Å². The van der Waals surface area contributed by atoms with Gasteiger partial charge >= 0.3 is 0 Å². The monoisotopic (exact) mass is 254 g/mol. The highest BCUT2D eigenvalue weighted by Crippen LogP contribution is 2.15.